The molecule has 0 bridgehead atoms. The zero-order valence-corrected chi connectivity index (χ0v) is 9.88. The summed E-state index contributed by atoms with van der Waals surface area (Å²) < 4.78 is 1.10. The second-order valence-corrected chi connectivity index (χ2v) is 4.66. The van der Waals surface area contributed by atoms with Crippen LogP contribution >= 0.6 is 15.9 Å². The first-order chi connectivity index (χ1) is 6.68. The van der Waals surface area contributed by atoms with Gasteiger partial charge in [-0.05, 0) is 29.0 Å². The average Bonchev–Trinajstić information content (AvgIpc) is 2.16. The van der Waals surface area contributed by atoms with E-state index in [2.05, 4.69) is 53.0 Å². The van der Waals surface area contributed by atoms with E-state index in [1.54, 1.807) is 0 Å². The van der Waals surface area contributed by atoms with Crippen molar-refractivity contribution in [2.24, 2.45) is 0 Å². The van der Waals surface area contributed by atoms with E-state index in [4.69, 9.17) is 0 Å². The molecule has 1 nitrogen and oxygen atoms in total. The maximum Gasteiger partial charge on any atom is 0.0346 e. The molecule has 2 aromatic rings. The van der Waals surface area contributed by atoms with Crippen LogP contribution in [0.3, 0.4) is 0 Å². The highest BCUT2D eigenvalue weighted by Crippen LogP contribution is 2.26. The Morgan fingerprint density at radius 1 is 1.21 bits per heavy atom. The van der Waals surface area contributed by atoms with E-state index in [0.717, 1.165) is 4.47 Å². The van der Waals surface area contributed by atoms with Crippen molar-refractivity contribution < 1.29 is 0 Å². The minimum Gasteiger partial charge on any atom is -0.264 e. The summed E-state index contributed by atoms with van der Waals surface area (Å²) in [6.45, 7) is 4.39. The van der Waals surface area contributed by atoms with E-state index in [1.807, 2.05) is 12.4 Å². The lowest BCUT2D eigenvalue weighted by atomic mass is 9.99. The van der Waals surface area contributed by atoms with Gasteiger partial charge in [-0.1, -0.05) is 35.8 Å². The number of rotatable bonds is 1. The smallest absolute Gasteiger partial charge is 0.0346 e. The molecule has 1 heterocycles. The maximum absolute atomic E-state index is 4.25. The third-order valence-electron chi connectivity index (χ3n) is 2.37. The number of fused-ring (bicyclic) bond motifs is 1. The van der Waals surface area contributed by atoms with Crippen molar-refractivity contribution in [3.8, 4) is 0 Å². The molecule has 0 aliphatic carbocycles. The number of halogens is 1. The Bertz CT molecular complexity index is 463. The number of hydrogen-bond acceptors (Lipinski definition) is 1. The first-order valence-corrected chi connectivity index (χ1v) is 5.51. The van der Waals surface area contributed by atoms with E-state index in [-0.39, 0.29) is 0 Å². The van der Waals surface area contributed by atoms with Crippen molar-refractivity contribution in [3.05, 3.63) is 40.6 Å². The number of nitrogens with zero attached hydrogens (tertiary/aromatic N) is 1. The summed E-state index contributed by atoms with van der Waals surface area (Å²) in [5.74, 6) is 0.521. The van der Waals surface area contributed by atoms with Gasteiger partial charge in [-0.25, -0.2) is 0 Å². The summed E-state index contributed by atoms with van der Waals surface area (Å²) in [5, 5.41) is 2.50. The molecule has 0 aliphatic rings. The van der Waals surface area contributed by atoms with E-state index in [9.17, 15) is 0 Å². The Morgan fingerprint density at radius 2 is 2.00 bits per heavy atom. The monoisotopic (exact) mass is 249 g/mol. The number of hydrogen-bond donors (Lipinski definition) is 0. The van der Waals surface area contributed by atoms with Crippen LogP contribution in [0.15, 0.2) is 35.1 Å². The Labute approximate surface area is 92.3 Å². The zero-order valence-electron chi connectivity index (χ0n) is 8.29. The van der Waals surface area contributed by atoms with Gasteiger partial charge in [-0.2, -0.15) is 0 Å². The van der Waals surface area contributed by atoms with Crippen LogP contribution in [0.2, 0.25) is 0 Å². The van der Waals surface area contributed by atoms with E-state index in [1.165, 1.54) is 16.3 Å². The van der Waals surface area contributed by atoms with Crippen molar-refractivity contribution in [1.29, 1.82) is 0 Å². The van der Waals surface area contributed by atoms with Crippen LogP contribution in [0.25, 0.3) is 10.8 Å². The van der Waals surface area contributed by atoms with Crippen molar-refractivity contribution in [3.63, 3.8) is 0 Å². The third-order valence-corrected chi connectivity index (χ3v) is 2.87. The van der Waals surface area contributed by atoms with Crippen LogP contribution in [0.4, 0.5) is 0 Å². The van der Waals surface area contributed by atoms with Crippen LogP contribution < -0.4 is 0 Å². The molecule has 0 N–H and O–H groups in total. The van der Waals surface area contributed by atoms with Gasteiger partial charge in [0.2, 0.25) is 0 Å². The topological polar surface area (TPSA) is 12.9 Å². The highest BCUT2D eigenvalue weighted by Gasteiger charge is 2.05. The summed E-state index contributed by atoms with van der Waals surface area (Å²) in [5.41, 5.74) is 1.31. The zero-order chi connectivity index (χ0) is 10.1. The summed E-state index contributed by atoms with van der Waals surface area (Å²) in [6.07, 6.45) is 3.87. The molecular formula is C12H12BrN. The molecule has 1 aromatic carbocycles. The lowest BCUT2D eigenvalue weighted by Crippen LogP contribution is -1.90. The van der Waals surface area contributed by atoms with Crippen molar-refractivity contribution in [2.45, 2.75) is 19.8 Å². The van der Waals surface area contributed by atoms with Gasteiger partial charge >= 0.3 is 0 Å². The molecule has 0 unspecified atom stereocenters. The Balaban J connectivity index is 2.75. The van der Waals surface area contributed by atoms with Crippen LogP contribution in [0, 0.1) is 0 Å². The summed E-state index contributed by atoms with van der Waals surface area (Å²) >= 11 is 3.47. The van der Waals surface area contributed by atoms with Gasteiger partial charge in [-0.3, -0.25) is 4.98 Å². The van der Waals surface area contributed by atoms with E-state index >= 15 is 0 Å². The van der Waals surface area contributed by atoms with Gasteiger partial charge in [0.05, 0.1) is 0 Å². The van der Waals surface area contributed by atoms with Crippen LogP contribution in [0.1, 0.15) is 25.3 Å². The molecule has 0 amide bonds. The lowest BCUT2D eigenvalue weighted by Gasteiger charge is -2.08. The van der Waals surface area contributed by atoms with Crippen molar-refractivity contribution in [2.75, 3.05) is 0 Å². The molecule has 2 rings (SSSR count). The molecule has 2 heteroatoms. The SMILES string of the molecule is CC(C)c1cncc2cc(Br)ccc12. The average molecular weight is 250 g/mol. The minimum absolute atomic E-state index is 0.521. The predicted molar refractivity (Wildman–Crippen MR) is 63.5 cm³/mol. The summed E-state index contributed by atoms with van der Waals surface area (Å²) in [6, 6.07) is 6.33. The van der Waals surface area contributed by atoms with Gasteiger partial charge in [0, 0.05) is 22.3 Å². The van der Waals surface area contributed by atoms with Gasteiger partial charge in [0.25, 0.3) is 0 Å². The second-order valence-electron chi connectivity index (χ2n) is 3.75. The molecule has 72 valence electrons. The van der Waals surface area contributed by atoms with Crippen LogP contribution in [-0.2, 0) is 0 Å². The maximum atomic E-state index is 4.25. The number of pyridine rings is 1. The predicted octanol–water partition coefficient (Wildman–Crippen LogP) is 4.12. The second kappa shape index (κ2) is 3.70. The molecule has 0 aliphatic heterocycles. The Morgan fingerprint density at radius 3 is 2.71 bits per heavy atom. The van der Waals surface area contributed by atoms with Crippen molar-refractivity contribution in [1.82, 2.24) is 4.98 Å². The molecule has 0 fully saturated rings. The molecule has 0 atom stereocenters. The lowest BCUT2D eigenvalue weighted by molar-refractivity contribution is 0.869. The highest BCUT2D eigenvalue weighted by atomic mass is 79.9. The molecule has 14 heavy (non-hydrogen) atoms. The van der Waals surface area contributed by atoms with Gasteiger partial charge < -0.3 is 0 Å². The van der Waals surface area contributed by atoms with Gasteiger partial charge in [0.15, 0.2) is 0 Å². The molecule has 0 radical (unpaired) electrons. The molecule has 0 saturated heterocycles. The molecule has 0 saturated carbocycles. The standard InChI is InChI=1S/C12H12BrN/c1-8(2)12-7-14-6-9-5-10(13)3-4-11(9)12/h3-8H,1-2H3. The fourth-order valence-corrected chi connectivity index (χ4v) is 2.01. The Kier molecular flexibility index (Phi) is 2.55. The van der Waals surface area contributed by atoms with Crippen LogP contribution in [-0.4, -0.2) is 4.98 Å². The van der Waals surface area contributed by atoms with Crippen molar-refractivity contribution >= 4 is 26.7 Å². The fraction of sp³-hybridized carbons (Fsp3) is 0.250. The first-order valence-electron chi connectivity index (χ1n) is 4.71. The van der Waals surface area contributed by atoms with Crippen LogP contribution in [0.5, 0.6) is 0 Å². The summed E-state index contributed by atoms with van der Waals surface area (Å²) in [7, 11) is 0. The fourth-order valence-electron chi connectivity index (χ4n) is 1.63. The largest absolute Gasteiger partial charge is 0.264 e. The number of benzene rings is 1. The third kappa shape index (κ3) is 1.67. The van der Waals surface area contributed by atoms with E-state index in [0.29, 0.717) is 5.92 Å². The molecular weight excluding hydrogens is 238 g/mol. The molecule has 0 spiro atoms. The molecule has 1 aromatic heterocycles. The number of aromatic nitrogens is 1. The van der Waals surface area contributed by atoms with E-state index < -0.39 is 0 Å². The normalized spacial score (nSPS) is 11.1. The quantitative estimate of drug-likeness (QED) is 0.741. The minimum atomic E-state index is 0.521. The van der Waals surface area contributed by atoms with Gasteiger partial charge in [0.1, 0.15) is 0 Å². The summed E-state index contributed by atoms with van der Waals surface area (Å²) in [4.78, 5) is 4.25. The first kappa shape index (κ1) is 9.66. The Hall–Kier alpha value is -0.890. The van der Waals surface area contributed by atoms with Gasteiger partial charge in [-0.15, -0.1) is 0 Å². The highest BCUT2D eigenvalue weighted by molar-refractivity contribution is 9.10.